The third kappa shape index (κ3) is 2.67. The van der Waals surface area contributed by atoms with Crippen molar-refractivity contribution < 1.29 is 4.79 Å². The van der Waals surface area contributed by atoms with Gasteiger partial charge in [0.15, 0.2) is 0 Å². The minimum Gasteiger partial charge on any atom is -0.281 e. The van der Waals surface area contributed by atoms with Crippen LogP contribution in [-0.4, -0.2) is 15.4 Å². The van der Waals surface area contributed by atoms with Crippen molar-refractivity contribution in [1.29, 1.82) is 0 Å². The van der Waals surface area contributed by atoms with Crippen LogP contribution in [0.1, 0.15) is 31.0 Å². The zero-order chi connectivity index (χ0) is 10.7. The zero-order valence-corrected chi connectivity index (χ0v) is 8.76. The van der Waals surface area contributed by atoms with Crippen LogP contribution in [0.15, 0.2) is 10.9 Å². The smallest absolute Gasteiger partial charge is 0.267 e. The Balaban J connectivity index is 3.08. The summed E-state index contributed by atoms with van der Waals surface area (Å²) < 4.78 is 0. The fraction of sp³-hybridized carbons (Fsp3) is 0.444. The van der Waals surface area contributed by atoms with E-state index in [0.29, 0.717) is 5.56 Å². The van der Waals surface area contributed by atoms with Gasteiger partial charge in [-0.1, -0.05) is 13.8 Å². The van der Waals surface area contributed by atoms with Crippen LogP contribution in [0, 0.1) is 0 Å². The Morgan fingerprint density at radius 1 is 1.64 bits per heavy atom. The number of halogens is 1. The summed E-state index contributed by atoms with van der Waals surface area (Å²) in [4.78, 5) is 21.8. The Labute approximate surface area is 86.3 Å². The number of carbonyl (C=O) groups excluding carboxylic acids is 1. The summed E-state index contributed by atoms with van der Waals surface area (Å²) in [7, 11) is 0. The number of hydrogen-bond donors (Lipinski definition) is 1. The van der Waals surface area contributed by atoms with Crippen molar-refractivity contribution in [3.63, 3.8) is 0 Å². The van der Waals surface area contributed by atoms with Crippen molar-refractivity contribution >= 4 is 16.8 Å². The average molecular weight is 215 g/mol. The number of nitrogens with one attached hydrogen (secondary N) is 1. The van der Waals surface area contributed by atoms with Gasteiger partial charge in [-0.25, -0.2) is 5.10 Å². The van der Waals surface area contributed by atoms with Gasteiger partial charge < -0.3 is 0 Å². The van der Waals surface area contributed by atoms with Gasteiger partial charge in [-0.3, -0.25) is 9.59 Å². The second-order valence-corrected chi connectivity index (χ2v) is 3.76. The average Bonchev–Trinajstić information content (AvgIpc) is 2.07. The van der Waals surface area contributed by atoms with E-state index in [0.717, 1.165) is 5.69 Å². The lowest BCUT2D eigenvalue weighted by Gasteiger charge is -2.04. The molecule has 1 N–H and O–H groups in total. The molecule has 1 heterocycles. The number of aromatic nitrogens is 2. The maximum atomic E-state index is 11.2. The van der Waals surface area contributed by atoms with E-state index in [9.17, 15) is 9.59 Å². The van der Waals surface area contributed by atoms with Crippen molar-refractivity contribution in [2.45, 2.75) is 26.2 Å². The zero-order valence-electron chi connectivity index (χ0n) is 8.00. The van der Waals surface area contributed by atoms with Crippen LogP contribution in [0.5, 0.6) is 0 Å². The van der Waals surface area contributed by atoms with Gasteiger partial charge in [-0.15, -0.1) is 0 Å². The third-order valence-corrected chi connectivity index (χ3v) is 1.95. The molecule has 1 rings (SSSR count). The van der Waals surface area contributed by atoms with Crippen molar-refractivity contribution in [3.8, 4) is 0 Å². The van der Waals surface area contributed by atoms with Crippen LogP contribution in [0.4, 0.5) is 0 Å². The van der Waals surface area contributed by atoms with E-state index in [1.807, 2.05) is 13.8 Å². The largest absolute Gasteiger partial charge is 0.281 e. The number of H-pyrrole nitrogens is 1. The van der Waals surface area contributed by atoms with E-state index in [4.69, 9.17) is 11.6 Å². The van der Waals surface area contributed by atoms with Crippen LogP contribution in [0.2, 0.25) is 0 Å². The van der Waals surface area contributed by atoms with E-state index >= 15 is 0 Å². The molecule has 0 saturated carbocycles. The van der Waals surface area contributed by atoms with Crippen LogP contribution in [0.25, 0.3) is 0 Å². The highest BCUT2D eigenvalue weighted by Gasteiger charge is 2.08. The van der Waals surface area contributed by atoms with Crippen LogP contribution >= 0.6 is 11.6 Å². The SMILES string of the molecule is CC(C)c1cc(CC(=O)Cl)c(=O)[nH]n1. The Bertz CT molecular complexity index is 398. The maximum Gasteiger partial charge on any atom is 0.267 e. The second kappa shape index (κ2) is 4.37. The molecule has 14 heavy (non-hydrogen) atoms. The van der Waals surface area contributed by atoms with E-state index < -0.39 is 5.24 Å². The lowest BCUT2D eigenvalue weighted by molar-refractivity contribution is -0.111. The minimum absolute atomic E-state index is 0.0564. The quantitative estimate of drug-likeness (QED) is 0.770. The molecular formula is C9H11ClN2O2. The van der Waals surface area contributed by atoms with E-state index in [2.05, 4.69) is 10.2 Å². The maximum absolute atomic E-state index is 11.2. The highest BCUT2D eigenvalue weighted by atomic mass is 35.5. The van der Waals surface area contributed by atoms with E-state index in [1.165, 1.54) is 0 Å². The van der Waals surface area contributed by atoms with Crippen molar-refractivity contribution in [1.82, 2.24) is 10.2 Å². The summed E-state index contributed by atoms with van der Waals surface area (Å²) in [5.41, 5.74) is 0.754. The van der Waals surface area contributed by atoms with Gasteiger partial charge in [0, 0.05) is 5.56 Å². The molecule has 0 unspecified atom stereocenters. The molecule has 5 heteroatoms. The van der Waals surface area contributed by atoms with Crippen molar-refractivity contribution in [2.75, 3.05) is 0 Å². The normalized spacial score (nSPS) is 10.6. The number of rotatable bonds is 3. The summed E-state index contributed by atoms with van der Waals surface area (Å²) in [5, 5.41) is 5.65. The Hall–Kier alpha value is -1.16. The van der Waals surface area contributed by atoms with Crippen molar-refractivity contribution in [2.24, 2.45) is 0 Å². The highest BCUT2D eigenvalue weighted by molar-refractivity contribution is 6.63. The third-order valence-electron chi connectivity index (χ3n) is 1.82. The highest BCUT2D eigenvalue weighted by Crippen LogP contribution is 2.10. The number of hydrogen-bond acceptors (Lipinski definition) is 3. The molecule has 76 valence electrons. The summed E-state index contributed by atoms with van der Waals surface area (Å²) in [6.45, 7) is 3.90. The topological polar surface area (TPSA) is 62.8 Å². The summed E-state index contributed by atoms with van der Waals surface area (Å²) in [6.07, 6.45) is -0.0564. The summed E-state index contributed by atoms with van der Waals surface area (Å²) in [5.74, 6) is 0.205. The van der Waals surface area contributed by atoms with Gasteiger partial charge in [-0.2, -0.15) is 5.10 Å². The Morgan fingerprint density at radius 2 is 2.29 bits per heavy atom. The molecular weight excluding hydrogens is 204 g/mol. The minimum atomic E-state index is -0.545. The summed E-state index contributed by atoms with van der Waals surface area (Å²) >= 11 is 5.20. The molecule has 0 spiro atoms. The molecule has 0 amide bonds. The Morgan fingerprint density at radius 3 is 2.79 bits per heavy atom. The molecule has 1 aromatic heterocycles. The fourth-order valence-corrected chi connectivity index (χ4v) is 1.18. The first-order chi connectivity index (χ1) is 6.50. The number of aromatic amines is 1. The van der Waals surface area contributed by atoms with Crippen LogP contribution < -0.4 is 5.56 Å². The molecule has 4 nitrogen and oxygen atoms in total. The molecule has 0 atom stereocenters. The molecule has 0 fully saturated rings. The molecule has 0 bridgehead atoms. The second-order valence-electron chi connectivity index (χ2n) is 3.33. The lowest BCUT2D eigenvalue weighted by Crippen LogP contribution is -2.17. The first kappa shape index (κ1) is 10.9. The first-order valence-electron chi connectivity index (χ1n) is 4.27. The van der Waals surface area contributed by atoms with E-state index in [1.54, 1.807) is 6.07 Å². The molecule has 0 aromatic carbocycles. The molecule has 0 saturated heterocycles. The van der Waals surface area contributed by atoms with Crippen LogP contribution in [-0.2, 0) is 11.2 Å². The van der Waals surface area contributed by atoms with Crippen molar-refractivity contribution in [3.05, 3.63) is 27.7 Å². The number of nitrogens with zero attached hydrogens (tertiary/aromatic N) is 1. The van der Waals surface area contributed by atoms with Gasteiger partial charge in [0.25, 0.3) is 5.56 Å². The summed E-state index contributed by atoms with van der Waals surface area (Å²) in [6, 6.07) is 1.61. The number of carbonyl (C=O) groups is 1. The van der Waals surface area contributed by atoms with Gasteiger partial charge in [0.05, 0.1) is 12.1 Å². The predicted molar refractivity (Wildman–Crippen MR) is 53.5 cm³/mol. The van der Waals surface area contributed by atoms with E-state index in [-0.39, 0.29) is 17.9 Å². The molecule has 0 aliphatic carbocycles. The molecule has 1 aromatic rings. The fourth-order valence-electron chi connectivity index (χ4n) is 1.04. The van der Waals surface area contributed by atoms with Gasteiger partial charge in [0.1, 0.15) is 0 Å². The van der Waals surface area contributed by atoms with Crippen LogP contribution in [0.3, 0.4) is 0 Å². The standard InChI is InChI=1S/C9H11ClN2O2/c1-5(2)7-3-6(4-8(10)13)9(14)12-11-7/h3,5H,4H2,1-2H3,(H,12,14). The van der Waals surface area contributed by atoms with Gasteiger partial charge in [-0.05, 0) is 23.6 Å². The Kier molecular flexibility index (Phi) is 3.41. The first-order valence-corrected chi connectivity index (χ1v) is 4.65. The predicted octanol–water partition coefficient (Wildman–Crippen LogP) is 1.20. The lowest BCUT2D eigenvalue weighted by atomic mass is 10.1. The monoisotopic (exact) mass is 214 g/mol. The van der Waals surface area contributed by atoms with Gasteiger partial charge in [0.2, 0.25) is 5.24 Å². The molecule has 0 aliphatic rings. The molecule has 0 aliphatic heterocycles. The molecule has 0 radical (unpaired) electrons. The van der Waals surface area contributed by atoms with Gasteiger partial charge >= 0.3 is 0 Å².